The fourth-order valence-electron chi connectivity index (χ4n) is 2.24. The van der Waals surface area contributed by atoms with Crippen molar-refractivity contribution in [2.24, 2.45) is 0 Å². The molecule has 1 amide bonds. The topological polar surface area (TPSA) is 119 Å². The molecule has 2 aromatic carbocycles. The number of aliphatic carboxylic acids is 1. The number of amides is 1. The smallest absolute Gasteiger partial charge is 0.305 e. The minimum atomic E-state index is -1.06. The van der Waals surface area contributed by atoms with Crippen LogP contribution in [0.3, 0.4) is 0 Å². The van der Waals surface area contributed by atoms with Crippen molar-refractivity contribution in [3.05, 3.63) is 69.8 Å². The maximum absolute atomic E-state index is 12.3. The number of methoxy groups -OCH3 is 1. The van der Waals surface area contributed by atoms with Gasteiger partial charge in [-0.1, -0.05) is 12.1 Å². The molecule has 0 aliphatic carbocycles. The van der Waals surface area contributed by atoms with Crippen LogP contribution < -0.4 is 10.1 Å². The first-order valence-electron chi connectivity index (χ1n) is 7.31. The zero-order chi connectivity index (χ0) is 18.4. The van der Waals surface area contributed by atoms with Crippen LogP contribution in [0.4, 0.5) is 5.69 Å². The van der Waals surface area contributed by atoms with Gasteiger partial charge in [0.2, 0.25) is 0 Å². The summed E-state index contributed by atoms with van der Waals surface area (Å²) in [5, 5.41) is 22.4. The number of rotatable bonds is 7. The van der Waals surface area contributed by atoms with Crippen molar-refractivity contribution in [1.29, 1.82) is 0 Å². The number of benzene rings is 2. The Balaban J connectivity index is 2.18. The number of nitro groups is 1. The number of hydrogen-bond acceptors (Lipinski definition) is 5. The number of carboxylic acid groups (broad SMARTS) is 1. The Hall–Kier alpha value is -3.42. The molecular weight excluding hydrogens is 328 g/mol. The van der Waals surface area contributed by atoms with Crippen LogP contribution in [0.1, 0.15) is 28.4 Å². The summed E-state index contributed by atoms with van der Waals surface area (Å²) < 4.78 is 5.05. The monoisotopic (exact) mass is 344 g/mol. The predicted molar refractivity (Wildman–Crippen MR) is 88.6 cm³/mol. The fraction of sp³-hybridized carbons (Fsp3) is 0.176. The van der Waals surface area contributed by atoms with E-state index in [0.29, 0.717) is 11.3 Å². The number of carbonyl (C=O) groups excluding carboxylic acids is 1. The molecule has 0 aliphatic rings. The molecule has 0 radical (unpaired) electrons. The lowest BCUT2D eigenvalue weighted by Crippen LogP contribution is -2.30. The molecule has 0 bridgehead atoms. The number of nitro benzene ring substituents is 1. The van der Waals surface area contributed by atoms with Gasteiger partial charge >= 0.3 is 5.97 Å². The second-order valence-corrected chi connectivity index (χ2v) is 5.20. The van der Waals surface area contributed by atoms with Crippen molar-refractivity contribution < 1.29 is 24.4 Å². The van der Waals surface area contributed by atoms with E-state index in [4.69, 9.17) is 9.84 Å². The number of nitrogens with one attached hydrogen (secondary N) is 1. The van der Waals surface area contributed by atoms with E-state index in [-0.39, 0.29) is 17.7 Å². The van der Waals surface area contributed by atoms with Crippen LogP contribution in [0, 0.1) is 10.1 Å². The summed E-state index contributed by atoms with van der Waals surface area (Å²) in [7, 11) is 1.51. The van der Waals surface area contributed by atoms with E-state index in [0.717, 1.165) is 0 Å². The third kappa shape index (κ3) is 4.77. The quantitative estimate of drug-likeness (QED) is 0.588. The summed E-state index contributed by atoms with van der Waals surface area (Å²) >= 11 is 0. The van der Waals surface area contributed by atoms with Gasteiger partial charge in [0.15, 0.2) is 0 Å². The highest BCUT2D eigenvalue weighted by molar-refractivity contribution is 5.94. The molecule has 0 spiro atoms. The Morgan fingerprint density at radius 2 is 1.76 bits per heavy atom. The molecule has 1 atom stereocenters. The zero-order valence-electron chi connectivity index (χ0n) is 13.3. The van der Waals surface area contributed by atoms with Crippen LogP contribution >= 0.6 is 0 Å². The van der Waals surface area contributed by atoms with Crippen LogP contribution in [0.25, 0.3) is 0 Å². The number of hydrogen-bond donors (Lipinski definition) is 2. The van der Waals surface area contributed by atoms with Crippen LogP contribution in [-0.4, -0.2) is 29.0 Å². The van der Waals surface area contributed by atoms with E-state index in [1.807, 2.05) is 0 Å². The second kappa shape index (κ2) is 7.91. The molecular formula is C17H16N2O6. The molecule has 2 rings (SSSR count). The first-order valence-corrected chi connectivity index (χ1v) is 7.31. The van der Waals surface area contributed by atoms with Crippen molar-refractivity contribution in [3.63, 3.8) is 0 Å². The highest BCUT2D eigenvalue weighted by atomic mass is 16.6. The Morgan fingerprint density at radius 3 is 2.24 bits per heavy atom. The first kappa shape index (κ1) is 17.9. The van der Waals surface area contributed by atoms with Crippen LogP contribution in [0.2, 0.25) is 0 Å². The first-order chi connectivity index (χ1) is 11.9. The Labute approximate surface area is 143 Å². The minimum Gasteiger partial charge on any atom is -0.497 e. The molecule has 130 valence electrons. The summed E-state index contributed by atoms with van der Waals surface area (Å²) in [6.07, 6.45) is -0.301. The lowest BCUT2D eigenvalue weighted by Gasteiger charge is -2.18. The molecule has 0 saturated carbocycles. The molecule has 2 N–H and O–H groups in total. The molecule has 0 aromatic heterocycles. The summed E-state index contributed by atoms with van der Waals surface area (Å²) in [5.74, 6) is -0.971. The zero-order valence-corrected chi connectivity index (χ0v) is 13.3. The van der Waals surface area contributed by atoms with Gasteiger partial charge in [-0.2, -0.15) is 0 Å². The van der Waals surface area contributed by atoms with Gasteiger partial charge in [0, 0.05) is 17.7 Å². The van der Waals surface area contributed by atoms with E-state index in [2.05, 4.69) is 5.32 Å². The maximum atomic E-state index is 12.3. The maximum Gasteiger partial charge on any atom is 0.305 e. The molecule has 1 unspecified atom stereocenters. The Morgan fingerprint density at radius 1 is 1.16 bits per heavy atom. The van der Waals surface area contributed by atoms with Crippen LogP contribution in [-0.2, 0) is 4.79 Å². The molecule has 25 heavy (non-hydrogen) atoms. The average molecular weight is 344 g/mol. The Bertz CT molecular complexity index is 771. The highest BCUT2D eigenvalue weighted by Crippen LogP contribution is 2.21. The number of ether oxygens (including phenoxy) is 1. The van der Waals surface area contributed by atoms with Crippen molar-refractivity contribution in [3.8, 4) is 5.75 Å². The predicted octanol–water partition coefficient (Wildman–Crippen LogP) is 2.55. The Kier molecular flexibility index (Phi) is 5.67. The van der Waals surface area contributed by atoms with Gasteiger partial charge in [-0.3, -0.25) is 19.7 Å². The summed E-state index contributed by atoms with van der Waals surface area (Å²) in [4.78, 5) is 33.5. The molecule has 0 saturated heterocycles. The molecule has 0 heterocycles. The van der Waals surface area contributed by atoms with E-state index in [1.165, 1.54) is 31.4 Å². The normalized spacial score (nSPS) is 11.4. The largest absolute Gasteiger partial charge is 0.497 e. The van der Waals surface area contributed by atoms with Gasteiger partial charge in [-0.25, -0.2) is 0 Å². The van der Waals surface area contributed by atoms with Crippen molar-refractivity contribution >= 4 is 17.6 Å². The number of nitrogens with zero attached hydrogens (tertiary/aromatic N) is 1. The molecule has 8 nitrogen and oxygen atoms in total. The lowest BCUT2D eigenvalue weighted by molar-refractivity contribution is -0.384. The summed E-state index contributed by atoms with van der Waals surface area (Å²) in [6, 6.07) is 11.0. The average Bonchev–Trinajstić information content (AvgIpc) is 2.61. The standard InChI is InChI=1S/C17H16N2O6/c1-25-14-8-4-11(5-9-14)15(10-16(20)21)18-17(22)12-2-6-13(7-3-12)19(23)24/h2-9,15H,10H2,1H3,(H,18,22)(H,20,21). The minimum absolute atomic E-state index is 0.131. The molecule has 0 fully saturated rings. The lowest BCUT2D eigenvalue weighted by atomic mass is 10.0. The van der Waals surface area contributed by atoms with Gasteiger partial charge in [-0.05, 0) is 29.8 Å². The van der Waals surface area contributed by atoms with Gasteiger partial charge in [-0.15, -0.1) is 0 Å². The van der Waals surface area contributed by atoms with Gasteiger partial charge in [0.05, 0.1) is 24.5 Å². The fourth-order valence-corrected chi connectivity index (χ4v) is 2.24. The SMILES string of the molecule is COc1ccc(C(CC(=O)O)NC(=O)c2ccc([N+](=O)[O-])cc2)cc1. The van der Waals surface area contributed by atoms with E-state index < -0.39 is 22.8 Å². The second-order valence-electron chi connectivity index (χ2n) is 5.20. The number of non-ortho nitro benzene ring substituents is 1. The molecule has 0 aliphatic heterocycles. The van der Waals surface area contributed by atoms with E-state index in [9.17, 15) is 19.7 Å². The highest BCUT2D eigenvalue weighted by Gasteiger charge is 2.19. The van der Waals surface area contributed by atoms with Crippen molar-refractivity contribution in [1.82, 2.24) is 5.32 Å². The van der Waals surface area contributed by atoms with Crippen LogP contribution in [0.15, 0.2) is 48.5 Å². The number of carboxylic acids is 1. The third-order valence-corrected chi connectivity index (χ3v) is 3.54. The molecule has 2 aromatic rings. The summed E-state index contributed by atoms with van der Waals surface area (Å²) in [6.45, 7) is 0. The summed E-state index contributed by atoms with van der Waals surface area (Å²) in [5.41, 5.74) is 0.682. The van der Waals surface area contributed by atoms with Crippen molar-refractivity contribution in [2.75, 3.05) is 7.11 Å². The van der Waals surface area contributed by atoms with E-state index >= 15 is 0 Å². The van der Waals surface area contributed by atoms with Gasteiger partial charge in [0.25, 0.3) is 11.6 Å². The van der Waals surface area contributed by atoms with Gasteiger partial charge < -0.3 is 15.2 Å². The van der Waals surface area contributed by atoms with E-state index in [1.54, 1.807) is 24.3 Å². The van der Waals surface area contributed by atoms with Crippen molar-refractivity contribution in [2.45, 2.75) is 12.5 Å². The van der Waals surface area contributed by atoms with Crippen LogP contribution in [0.5, 0.6) is 5.75 Å². The molecule has 8 heteroatoms. The number of carbonyl (C=O) groups is 2. The van der Waals surface area contributed by atoms with Gasteiger partial charge in [0.1, 0.15) is 5.75 Å². The third-order valence-electron chi connectivity index (χ3n) is 3.54.